The fourth-order valence-corrected chi connectivity index (χ4v) is 1.82. The minimum absolute atomic E-state index is 0.00569. The quantitative estimate of drug-likeness (QED) is 0.711. The lowest BCUT2D eigenvalue weighted by Crippen LogP contribution is -2.25. The van der Waals surface area contributed by atoms with Crippen LogP contribution in [-0.4, -0.2) is 11.5 Å². The maximum Gasteiger partial charge on any atom is 0.0457 e. The molecule has 3 heteroatoms. The van der Waals surface area contributed by atoms with E-state index in [1.165, 1.54) is 5.39 Å². The highest BCUT2D eigenvalue weighted by atomic mass is 14.7. The Kier molecular flexibility index (Phi) is 2.75. The molecule has 2 atom stereocenters. The fourth-order valence-electron chi connectivity index (χ4n) is 1.82. The summed E-state index contributed by atoms with van der Waals surface area (Å²) in [5.41, 5.74) is 14.1. The molecule has 0 aliphatic carbocycles. The van der Waals surface area contributed by atoms with E-state index < -0.39 is 0 Å². The topological polar surface area (TPSA) is 67.8 Å². The molecule has 80 valence electrons. The smallest absolute Gasteiger partial charge is 0.0457 e. The Hall–Kier alpha value is -1.32. The summed E-state index contributed by atoms with van der Waals surface area (Å²) in [5.74, 6) is 0.296. The molecule has 5 N–H and O–H groups in total. The first kappa shape index (κ1) is 10.2. The van der Waals surface area contributed by atoms with Gasteiger partial charge in [-0.25, -0.2) is 0 Å². The summed E-state index contributed by atoms with van der Waals surface area (Å²) in [5, 5.41) is 1.20. The molecule has 0 bridgehead atoms. The van der Waals surface area contributed by atoms with Gasteiger partial charge >= 0.3 is 0 Å². The molecule has 0 aliphatic rings. The molecule has 1 aromatic carbocycles. The number of hydrogen-bond acceptors (Lipinski definition) is 2. The number of aromatic amines is 1. The third-order valence-electron chi connectivity index (χ3n) is 2.97. The van der Waals surface area contributed by atoms with Crippen LogP contribution in [0.2, 0.25) is 0 Å². The van der Waals surface area contributed by atoms with E-state index in [4.69, 9.17) is 11.5 Å². The van der Waals surface area contributed by atoms with Gasteiger partial charge in [-0.2, -0.15) is 0 Å². The van der Waals surface area contributed by atoms with Gasteiger partial charge < -0.3 is 16.5 Å². The Morgan fingerprint density at radius 1 is 1.33 bits per heavy atom. The van der Waals surface area contributed by atoms with E-state index in [0.717, 1.165) is 11.1 Å². The molecular weight excluding hydrogens is 186 g/mol. The number of H-pyrrole nitrogens is 1. The maximum absolute atomic E-state index is 6.16. The molecule has 1 aromatic heterocycles. The van der Waals surface area contributed by atoms with E-state index in [0.29, 0.717) is 12.5 Å². The molecule has 2 unspecified atom stereocenters. The second-order valence-electron chi connectivity index (χ2n) is 4.03. The summed E-state index contributed by atoms with van der Waals surface area (Å²) in [6.07, 6.45) is 1.99. The van der Waals surface area contributed by atoms with Gasteiger partial charge in [0.1, 0.15) is 0 Å². The number of hydrogen-bond donors (Lipinski definition) is 3. The summed E-state index contributed by atoms with van der Waals surface area (Å²) in [6, 6.07) is 8.19. The summed E-state index contributed by atoms with van der Waals surface area (Å²) >= 11 is 0. The average molecular weight is 203 g/mol. The van der Waals surface area contributed by atoms with Gasteiger partial charge in [-0.05, 0) is 24.1 Å². The Morgan fingerprint density at radius 3 is 2.80 bits per heavy atom. The average Bonchev–Trinajstić information content (AvgIpc) is 2.70. The van der Waals surface area contributed by atoms with Crippen molar-refractivity contribution in [1.29, 1.82) is 0 Å². The van der Waals surface area contributed by atoms with Crippen LogP contribution in [0.5, 0.6) is 0 Å². The van der Waals surface area contributed by atoms with E-state index in [2.05, 4.69) is 24.0 Å². The first-order valence-electron chi connectivity index (χ1n) is 5.25. The maximum atomic E-state index is 6.16. The van der Waals surface area contributed by atoms with Crippen LogP contribution in [0.15, 0.2) is 30.5 Å². The lowest BCUT2D eigenvalue weighted by molar-refractivity contribution is 0.483. The highest BCUT2D eigenvalue weighted by Gasteiger charge is 2.16. The lowest BCUT2D eigenvalue weighted by Gasteiger charge is -2.17. The van der Waals surface area contributed by atoms with E-state index in [1.54, 1.807) is 0 Å². The molecule has 15 heavy (non-hydrogen) atoms. The van der Waals surface area contributed by atoms with Gasteiger partial charge in [0.15, 0.2) is 0 Å². The van der Waals surface area contributed by atoms with E-state index in [-0.39, 0.29) is 6.04 Å². The fraction of sp³-hybridized carbons (Fsp3) is 0.333. The van der Waals surface area contributed by atoms with Crippen LogP contribution in [0.25, 0.3) is 10.9 Å². The number of nitrogens with one attached hydrogen (secondary N) is 1. The van der Waals surface area contributed by atoms with Crippen LogP contribution < -0.4 is 11.5 Å². The second-order valence-corrected chi connectivity index (χ2v) is 4.03. The van der Waals surface area contributed by atoms with Crippen LogP contribution in [0, 0.1) is 5.92 Å². The number of rotatable bonds is 3. The molecule has 0 aliphatic heterocycles. The minimum Gasteiger partial charge on any atom is -0.361 e. The Balaban J connectivity index is 2.43. The predicted molar refractivity (Wildman–Crippen MR) is 63.4 cm³/mol. The van der Waals surface area contributed by atoms with Crippen LogP contribution in [0.3, 0.4) is 0 Å². The number of fused-ring (bicyclic) bond motifs is 1. The molecule has 0 fully saturated rings. The molecule has 3 nitrogen and oxygen atoms in total. The Labute approximate surface area is 89.5 Å². The zero-order valence-electron chi connectivity index (χ0n) is 8.90. The predicted octanol–water partition coefficient (Wildman–Crippen LogP) is 1.76. The van der Waals surface area contributed by atoms with Crippen LogP contribution in [-0.2, 0) is 0 Å². The third kappa shape index (κ3) is 1.76. The number of nitrogens with two attached hydrogens (primary N) is 2. The van der Waals surface area contributed by atoms with E-state index in [9.17, 15) is 0 Å². The van der Waals surface area contributed by atoms with Crippen LogP contribution >= 0.6 is 0 Å². The summed E-state index contributed by atoms with van der Waals surface area (Å²) in [6.45, 7) is 2.69. The zero-order chi connectivity index (χ0) is 10.8. The molecule has 0 spiro atoms. The molecule has 0 radical (unpaired) electrons. The van der Waals surface area contributed by atoms with Crippen molar-refractivity contribution in [1.82, 2.24) is 4.98 Å². The van der Waals surface area contributed by atoms with Crippen LogP contribution in [0.1, 0.15) is 18.5 Å². The van der Waals surface area contributed by atoms with Gasteiger partial charge in [0, 0.05) is 23.1 Å². The monoisotopic (exact) mass is 203 g/mol. The van der Waals surface area contributed by atoms with Crippen molar-refractivity contribution in [3.63, 3.8) is 0 Å². The molecule has 2 rings (SSSR count). The first-order valence-corrected chi connectivity index (χ1v) is 5.25. The molecule has 2 aromatic rings. The van der Waals surface area contributed by atoms with Gasteiger partial charge in [0.05, 0.1) is 0 Å². The normalized spacial score (nSPS) is 15.4. The van der Waals surface area contributed by atoms with E-state index >= 15 is 0 Å². The SMILES string of the molecule is CC(CN)C(N)c1c[nH]c2ccccc12. The van der Waals surface area contributed by atoms with Crippen LogP contribution in [0.4, 0.5) is 0 Å². The van der Waals surface area contributed by atoms with Gasteiger partial charge in [0.25, 0.3) is 0 Å². The van der Waals surface area contributed by atoms with Gasteiger partial charge in [0.2, 0.25) is 0 Å². The number of benzene rings is 1. The number of para-hydroxylation sites is 1. The Morgan fingerprint density at radius 2 is 2.07 bits per heavy atom. The van der Waals surface area contributed by atoms with Crippen molar-refractivity contribution in [3.8, 4) is 0 Å². The lowest BCUT2D eigenvalue weighted by atomic mass is 9.95. The molecule has 1 heterocycles. The van der Waals surface area contributed by atoms with Gasteiger partial charge in [-0.1, -0.05) is 25.1 Å². The summed E-state index contributed by atoms with van der Waals surface area (Å²) in [4.78, 5) is 3.23. The highest BCUT2D eigenvalue weighted by molar-refractivity contribution is 5.83. The second kappa shape index (κ2) is 4.04. The Bertz CT molecular complexity index is 447. The molecule has 0 saturated heterocycles. The van der Waals surface area contributed by atoms with Crippen molar-refractivity contribution >= 4 is 10.9 Å². The first-order chi connectivity index (χ1) is 7.24. The highest BCUT2D eigenvalue weighted by Crippen LogP contribution is 2.26. The van der Waals surface area contributed by atoms with Crippen molar-refractivity contribution < 1.29 is 0 Å². The van der Waals surface area contributed by atoms with Crippen molar-refractivity contribution in [2.45, 2.75) is 13.0 Å². The zero-order valence-corrected chi connectivity index (χ0v) is 8.90. The van der Waals surface area contributed by atoms with Crippen molar-refractivity contribution in [3.05, 3.63) is 36.0 Å². The summed E-state index contributed by atoms with van der Waals surface area (Å²) < 4.78 is 0. The number of aromatic nitrogens is 1. The van der Waals surface area contributed by atoms with E-state index in [1.807, 2.05) is 18.3 Å². The minimum atomic E-state index is 0.00569. The summed E-state index contributed by atoms with van der Waals surface area (Å²) in [7, 11) is 0. The van der Waals surface area contributed by atoms with Gasteiger partial charge in [-0.3, -0.25) is 0 Å². The molecule has 0 amide bonds. The standard InChI is InChI=1S/C12H17N3/c1-8(6-13)12(14)10-7-15-11-5-3-2-4-9(10)11/h2-5,7-8,12,15H,6,13-14H2,1H3. The van der Waals surface area contributed by atoms with Crippen molar-refractivity contribution in [2.75, 3.05) is 6.54 Å². The largest absolute Gasteiger partial charge is 0.361 e. The third-order valence-corrected chi connectivity index (χ3v) is 2.97. The van der Waals surface area contributed by atoms with Crippen molar-refractivity contribution in [2.24, 2.45) is 17.4 Å². The molecular formula is C12H17N3. The van der Waals surface area contributed by atoms with Gasteiger partial charge in [-0.15, -0.1) is 0 Å². The molecule has 0 saturated carbocycles.